The van der Waals surface area contributed by atoms with E-state index in [4.69, 9.17) is 10.5 Å². The minimum absolute atomic E-state index is 0.0516. The van der Waals surface area contributed by atoms with Crippen LogP contribution in [0.25, 0.3) is 0 Å². The molecule has 0 aromatic heterocycles. The third kappa shape index (κ3) is 6.65. The zero-order valence-electron chi connectivity index (χ0n) is 19.3. The van der Waals surface area contributed by atoms with E-state index in [9.17, 15) is 30.4 Å². The summed E-state index contributed by atoms with van der Waals surface area (Å²) in [4.78, 5) is 12.3. The average Bonchev–Trinajstić information content (AvgIpc) is 3.16. The summed E-state index contributed by atoms with van der Waals surface area (Å²) in [6.45, 7) is 0. The van der Waals surface area contributed by atoms with Gasteiger partial charge in [-0.1, -0.05) is 18.2 Å². The monoisotopic (exact) mass is 661 g/mol. The number of ether oxygens (including phenoxy) is 1. The van der Waals surface area contributed by atoms with Crippen molar-refractivity contribution in [3.63, 3.8) is 0 Å². The van der Waals surface area contributed by atoms with Gasteiger partial charge in [0.05, 0.1) is 28.1 Å². The van der Waals surface area contributed by atoms with E-state index in [1.165, 1.54) is 30.3 Å². The molecule has 1 fully saturated rings. The molecule has 0 bridgehead atoms. The molecule has 1 aliphatic rings. The average molecular weight is 661 g/mol. The molecule has 3 aromatic carbocycles. The predicted octanol–water partition coefficient (Wildman–Crippen LogP) is 4.15. The molecule has 1 saturated heterocycles. The van der Waals surface area contributed by atoms with Gasteiger partial charge in [0.25, 0.3) is 5.91 Å². The number of amides is 1. The van der Waals surface area contributed by atoms with Gasteiger partial charge in [-0.2, -0.15) is 0 Å². The van der Waals surface area contributed by atoms with Crippen LogP contribution in [-0.2, 0) is 31.8 Å². The maximum atomic E-state index is 14.5. The van der Waals surface area contributed by atoms with Gasteiger partial charge in [-0.05, 0) is 76.0 Å². The molecule has 1 unspecified atom stereocenters. The highest BCUT2D eigenvalue weighted by atomic mass is 127. The van der Waals surface area contributed by atoms with Crippen LogP contribution < -0.4 is 10.5 Å². The normalized spacial score (nSPS) is 17.0. The van der Waals surface area contributed by atoms with E-state index in [-0.39, 0.29) is 46.8 Å². The maximum absolute atomic E-state index is 14.5. The number of hydrogen-bond acceptors (Lipinski definition) is 6. The van der Waals surface area contributed by atoms with Crippen LogP contribution in [0.15, 0.2) is 54.6 Å². The van der Waals surface area contributed by atoms with Crippen molar-refractivity contribution in [2.75, 3.05) is 11.5 Å². The van der Waals surface area contributed by atoms with Gasteiger partial charge in [-0.25, -0.2) is 25.6 Å². The number of sulfone groups is 2. The molecule has 37 heavy (non-hydrogen) atoms. The molecule has 0 aliphatic carbocycles. The van der Waals surface area contributed by atoms with E-state index >= 15 is 0 Å². The number of carbonyl (C=O) groups is 1. The Morgan fingerprint density at radius 1 is 1.08 bits per heavy atom. The van der Waals surface area contributed by atoms with Crippen molar-refractivity contribution in [2.24, 2.45) is 5.73 Å². The van der Waals surface area contributed by atoms with Crippen molar-refractivity contribution in [1.82, 2.24) is 0 Å². The zero-order valence-corrected chi connectivity index (χ0v) is 23.1. The lowest BCUT2D eigenvalue weighted by Crippen LogP contribution is -2.24. The lowest BCUT2D eigenvalue weighted by atomic mass is 9.98. The quantitative estimate of drug-likeness (QED) is 0.363. The third-order valence-electron chi connectivity index (χ3n) is 5.98. The first-order valence-electron chi connectivity index (χ1n) is 11.1. The molecule has 2 N–H and O–H groups in total. The number of nitrogens with two attached hydrogens (primary N) is 1. The summed E-state index contributed by atoms with van der Waals surface area (Å²) in [5, 5.41) is -0.976. The largest absolute Gasteiger partial charge is 0.456 e. The first-order valence-corrected chi connectivity index (χ1v) is 15.7. The lowest BCUT2D eigenvalue weighted by molar-refractivity contribution is 0.0997. The van der Waals surface area contributed by atoms with E-state index in [2.05, 4.69) is 0 Å². The Balaban J connectivity index is 1.63. The molecular weight excluding hydrogens is 639 g/mol. The number of carbonyl (C=O) groups excluding carboxylic acids is 1. The summed E-state index contributed by atoms with van der Waals surface area (Å²) in [5.41, 5.74) is 6.14. The predicted molar refractivity (Wildman–Crippen MR) is 143 cm³/mol. The van der Waals surface area contributed by atoms with Gasteiger partial charge < -0.3 is 10.5 Å². The molecule has 0 spiro atoms. The Kier molecular flexibility index (Phi) is 7.91. The second-order valence-electron chi connectivity index (χ2n) is 8.80. The fourth-order valence-electron chi connectivity index (χ4n) is 4.23. The van der Waals surface area contributed by atoms with E-state index < -0.39 is 54.0 Å². The maximum Gasteiger partial charge on any atom is 0.252 e. The Bertz CT molecular complexity index is 1590. The molecule has 1 aliphatic heterocycles. The van der Waals surface area contributed by atoms with Gasteiger partial charge in [0.2, 0.25) is 0 Å². The minimum Gasteiger partial charge on any atom is -0.456 e. The van der Waals surface area contributed by atoms with Crippen molar-refractivity contribution in [1.29, 1.82) is 0 Å². The van der Waals surface area contributed by atoms with Crippen LogP contribution in [0, 0.1) is 15.2 Å². The Morgan fingerprint density at radius 2 is 1.84 bits per heavy atom. The smallest absolute Gasteiger partial charge is 0.252 e. The van der Waals surface area contributed by atoms with Crippen LogP contribution in [0.2, 0.25) is 0 Å². The van der Waals surface area contributed by atoms with Crippen LogP contribution in [0.4, 0.5) is 8.78 Å². The summed E-state index contributed by atoms with van der Waals surface area (Å²) in [5.74, 6) is -3.21. The summed E-state index contributed by atoms with van der Waals surface area (Å²) >= 11 is 1.96. The zero-order chi connectivity index (χ0) is 27.0. The summed E-state index contributed by atoms with van der Waals surface area (Å²) in [6.07, 6.45) is -0.0617. The fraction of sp³-hybridized carbons (Fsp3) is 0.240. The van der Waals surface area contributed by atoms with Crippen molar-refractivity contribution < 1.29 is 35.1 Å². The second-order valence-corrected chi connectivity index (χ2v) is 14.6. The molecule has 4 rings (SSSR count). The Labute approximate surface area is 227 Å². The summed E-state index contributed by atoms with van der Waals surface area (Å²) in [6, 6.07) is 12.6. The second kappa shape index (κ2) is 10.7. The molecule has 1 amide bonds. The summed E-state index contributed by atoms with van der Waals surface area (Å²) in [7, 11) is -7.13. The SMILES string of the molecule is NC(=O)c1c(Cc2ccc(I)cc2F)cc(F)cc1Oc1cccc(CS(=O)(=O)C2CCS(=O)(=O)C2)c1. The topological polar surface area (TPSA) is 121 Å². The lowest BCUT2D eigenvalue weighted by Gasteiger charge is -2.15. The summed E-state index contributed by atoms with van der Waals surface area (Å²) < 4.78 is 84.4. The standard InChI is InChI=1S/C25H22F2INO6S2/c26-18-10-17(9-16-4-5-19(28)12-22(16)27)24(25(29)30)23(11-18)35-20-3-1-2-15(8-20)13-37(33,34)21-6-7-36(31,32)14-21/h1-5,8,10-12,21H,6-7,9,13-14H2,(H2,29,30). The van der Waals surface area contributed by atoms with Crippen LogP contribution >= 0.6 is 22.6 Å². The number of hydrogen-bond donors (Lipinski definition) is 1. The van der Waals surface area contributed by atoms with E-state index in [1.54, 1.807) is 12.1 Å². The van der Waals surface area contributed by atoms with Gasteiger partial charge in [0, 0.05) is 16.1 Å². The van der Waals surface area contributed by atoms with Crippen LogP contribution in [0.3, 0.4) is 0 Å². The molecule has 12 heteroatoms. The number of benzene rings is 3. The van der Waals surface area contributed by atoms with Crippen molar-refractivity contribution in [3.05, 3.63) is 92.1 Å². The molecule has 1 atom stereocenters. The Morgan fingerprint density at radius 3 is 2.49 bits per heavy atom. The molecule has 0 saturated carbocycles. The minimum atomic E-state index is -3.76. The van der Waals surface area contributed by atoms with E-state index in [0.717, 1.165) is 12.1 Å². The highest BCUT2D eigenvalue weighted by molar-refractivity contribution is 14.1. The number of halogens is 3. The van der Waals surface area contributed by atoms with E-state index in [1.807, 2.05) is 22.6 Å². The first-order chi connectivity index (χ1) is 17.3. The van der Waals surface area contributed by atoms with Gasteiger partial charge in [-0.3, -0.25) is 4.79 Å². The number of rotatable bonds is 8. The van der Waals surface area contributed by atoms with Crippen LogP contribution in [-0.4, -0.2) is 39.5 Å². The van der Waals surface area contributed by atoms with Crippen molar-refractivity contribution in [3.8, 4) is 11.5 Å². The highest BCUT2D eigenvalue weighted by Crippen LogP contribution is 2.32. The van der Waals surface area contributed by atoms with Crippen LogP contribution in [0.5, 0.6) is 11.5 Å². The molecule has 0 radical (unpaired) electrons. The molecular formula is C25H22F2INO6S2. The van der Waals surface area contributed by atoms with Gasteiger partial charge >= 0.3 is 0 Å². The van der Waals surface area contributed by atoms with Crippen molar-refractivity contribution >= 4 is 48.2 Å². The van der Waals surface area contributed by atoms with Gasteiger partial charge in [0.1, 0.15) is 23.1 Å². The fourth-order valence-corrected chi connectivity index (χ4v) is 9.18. The van der Waals surface area contributed by atoms with Crippen molar-refractivity contribution in [2.45, 2.75) is 23.8 Å². The van der Waals surface area contributed by atoms with Gasteiger partial charge in [0.15, 0.2) is 19.7 Å². The van der Waals surface area contributed by atoms with Crippen LogP contribution in [0.1, 0.15) is 33.5 Å². The first kappa shape index (κ1) is 27.5. The number of primary amides is 1. The third-order valence-corrected chi connectivity index (χ3v) is 10.8. The molecule has 7 nitrogen and oxygen atoms in total. The molecule has 196 valence electrons. The molecule has 1 heterocycles. The van der Waals surface area contributed by atoms with Gasteiger partial charge in [-0.15, -0.1) is 0 Å². The van der Waals surface area contributed by atoms with E-state index in [0.29, 0.717) is 9.13 Å². The highest BCUT2D eigenvalue weighted by Gasteiger charge is 2.37. The Hall–Kier alpha value is -2.58. The molecule has 3 aromatic rings.